The fourth-order valence-corrected chi connectivity index (χ4v) is 3.80. The summed E-state index contributed by atoms with van der Waals surface area (Å²) >= 11 is 0. The molecule has 0 aliphatic heterocycles. The van der Waals surface area contributed by atoms with Crippen molar-refractivity contribution in [2.24, 2.45) is 7.05 Å². The van der Waals surface area contributed by atoms with Gasteiger partial charge in [-0.25, -0.2) is 9.59 Å². The lowest BCUT2D eigenvalue weighted by Gasteiger charge is -2.13. The number of amides is 1. The normalized spacial score (nSPS) is 10.8. The lowest BCUT2D eigenvalue weighted by Crippen LogP contribution is -2.39. The molecule has 0 radical (unpaired) electrons. The minimum absolute atomic E-state index is 0.0185. The maximum absolute atomic E-state index is 13.2. The van der Waals surface area contributed by atoms with Crippen LogP contribution in [0.25, 0.3) is 10.9 Å². The molecule has 4 rings (SSSR count). The Kier molecular flexibility index (Phi) is 6.50. The van der Waals surface area contributed by atoms with Crippen molar-refractivity contribution in [3.8, 4) is 5.75 Å². The van der Waals surface area contributed by atoms with Crippen LogP contribution in [0.5, 0.6) is 5.75 Å². The monoisotopic (exact) mass is 473 g/mol. The number of benzene rings is 3. The van der Waals surface area contributed by atoms with Gasteiger partial charge < -0.3 is 15.2 Å². The van der Waals surface area contributed by atoms with Gasteiger partial charge in [0.15, 0.2) is 0 Å². The first-order valence-electron chi connectivity index (χ1n) is 10.8. The Bertz CT molecular complexity index is 1530. The molecule has 3 aromatic carbocycles. The summed E-state index contributed by atoms with van der Waals surface area (Å²) in [6.45, 7) is -0.0185. The van der Waals surface area contributed by atoms with Crippen molar-refractivity contribution in [2.45, 2.75) is 13.0 Å². The lowest BCUT2D eigenvalue weighted by atomic mass is 10.1. The number of carboxylic acids is 1. The fraction of sp³-hybridized carbons (Fsp3) is 0.154. The van der Waals surface area contributed by atoms with Crippen LogP contribution in [0.1, 0.15) is 21.5 Å². The molecule has 0 aliphatic carbocycles. The molecule has 178 valence electrons. The van der Waals surface area contributed by atoms with Crippen molar-refractivity contribution in [1.29, 1.82) is 0 Å². The van der Waals surface area contributed by atoms with Gasteiger partial charge in [-0.05, 0) is 53.6 Å². The van der Waals surface area contributed by atoms with Crippen LogP contribution in [-0.2, 0) is 24.8 Å². The van der Waals surface area contributed by atoms with Gasteiger partial charge in [-0.2, -0.15) is 0 Å². The maximum atomic E-state index is 13.2. The van der Waals surface area contributed by atoms with Crippen LogP contribution in [0.2, 0.25) is 0 Å². The highest BCUT2D eigenvalue weighted by atomic mass is 16.5. The Morgan fingerprint density at radius 3 is 2.23 bits per heavy atom. The van der Waals surface area contributed by atoms with Crippen molar-refractivity contribution < 1.29 is 19.4 Å². The van der Waals surface area contributed by atoms with Crippen molar-refractivity contribution in [3.05, 3.63) is 104 Å². The predicted molar refractivity (Wildman–Crippen MR) is 131 cm³/mol. The Balaban J connectivity index is 1.62. The van der Waals surface area contributed by atoms with Crippen LogP contribution in [-0.4, -0.2) is 33.2 Å². The van der Waals surface area contributed by atoms with Crippen molar-refractivity contribution >= 4 is 28.5 Å². The number of ether oxygens (including phenoxy) is 1. The van der Waals surface area contributed by atoms with E-state index in [-0.39, 0.29) is 29.8 Å². The van der Waals surface area contributed by atoms with Gasteiger partial charge in [-0.3, -0.25) is 18.7 Å². The number of nitrogens with one attached hydrogen (secondary N) is 1. The summed E-state index contributed by atoms with van der Waals surface area (Å²) in [4.78, 5) is 49.7. The quantitative estimate of drug-likeness (QED) is 0.426. The Morgan fingerprint density at radius 1 is 0.943 bits per heavy atom. The van der Waals surface area contributed by atoms with E-state index in [0.29, 0.717) is 22.5 Å². The van der Waals surface area contributed by atoms with E-state index < -0.39 is 17.2 Å². The van der Waals surface area contributed by atoms with Gasteiger partial charge >= 0.3 is 11.7 Å². The third kappa shape index (κ3) is 4.98. The minimum atomic E-state index is -1.06. The number of methoxy groups -OCH3 is 1. The molecule has 4 aromatic rings. The zero-order valence-electron chi connectivity index (χ0n) is 19.1. The molecular formula is C26H23N3O6. The molecule has 2 N–H and O–H groups in total. The topological polar surface area (TPSA) is 120 Å². The molecule has 1 heterocycles. The number of hydrogen-bond acceptors (Lipinski definition) is 5. The zero-order valence-corrected chi connectivity index (χ0v) is 19.1. The molecule has 0 aliphatic rings. The largest absolute Gasteiger partial charge is 0.497 e. The summed E-state index contributed by atoms with van der Waals surface area (Å²) in [5, 5.41) is 12.1. The second-order valence-electron chi connectivity index (χ2n) is 8.04. The Morgan fingerprint density at radius 2 is 1.60 bits per heavy atom. The summed E-state index contributed by atoms with van der Waals surface area (Å²) in [5.41, 5.74) is 1.40. The van der Waals surface area contributed by atoms with Crippen LogP contribution < -0.4 is 21.3 Å². The molecule has 0 saturated heterocycles. The van der Waals surface area contributed by atoms with Crippen LogP contribution in [0.3, 0.4) is 0 Å². The number of hydrogen-bond donors (Lipinski definition) is 2. The smallest absolute Gasteiger partial charge is 0.335 e. The van der Waals surface area contributed by atoms with Gasteiger partial charge in [0.1, 0.15) is 5.75 Å². The summed E-state index contributed by atoms with van der Waals surface area (Å²) in [5.74, 6) is -0.613. The van der Waals surface area contributed by atoms with Crippen molar-refractivity contribution in [1.82, 2.24) is 9.13 Å². The SMILES string of the molecule is COc1ccc(CC(=O)Nc2ccc3c(c2)c(=O)n(Cc2ccc(C(=O)O)cc2)c(=O)n3C)cc1. The van der Waals surface area contributed by atoms with Gasteiger partial charge in [0.2, 0.25) is 5.91 Å². The van der Waals surface area contributed by atoms with Crippen LogP contribution in [0, 0.1) is 0 Å². The molecule has 9 heteroatoms. The van der Waals surface area contributed by atoms with E-state index in [9.17, 15) is 19.2 Å². The van der Waals surface area contributed by atoms with Gasteiger partial charge in [-0.1, -0.05) is 24.3 Å². The van der Waals surface area contributed by atoms with Gasteiger partial charge in [0.05, 0.1) is 36.5 Å². The average Bonchev–Trinajstić information content (AvgIpc) is 2.86. The number of nitrogens with zero attached hydrogens (tertiary/aromatic N) is 2. The number of anilines is 1. The van der Waals surface area contributed by atoms with E-state index >= 15 is 0 Å². The van der Waals surface area contributed by atoms with Gasteiger partial charge in [0, 0.05) is 12.7 Å². The first-order chi connectivity index (χ1) is 16.8. The molecular weight excluding hydrogens is 450 g/mol. The number of rotatable bonds is 7. The number of aromatic nitrogens is 2. The predicted octanol–water partition coefficient (Wildman–Crippen LogP) is 2.64. The number of carbonyl (C=O) groups excluding carboxylic acids is 1. The van der Waals surface area contributed by atoms with Crippen LogP contribution in [0.15, 0.2) is 76.3 Å². The highest BCUT2D eigenvalue weighted by Gasteiger charge is 2.14. The van der Waals surface area contributed by atoms with Gasteiger partial charge in [0.25, 0.3) is 5.56 Å². The first-order valence-corrected chi connectivity index (χ1v) is 10.8. The summed E-state index contributed by atoms with van der Waals surface area (Å²) in [7, 11) is 3.14. The minimum Gasteiger partial charge on any atom is -0.497 e. The molecule has 0 saturated carbocycles. The Labute approximate surface area is 199 Å². The average molecular weight is 473 g/mol. The van der Waals surface area contributed by atoms with E-state index in [4.69, 9.17) is 9.84 Å². The molecule has 35 heavy (non-hydrogen) atoms. The summed E-state index contributed by atoms with van der Waals surface area (Å²) < 4.78 is 7.57. The summed E-state index contributed by atoms with van der Waals surface area (Å²) in [6.07, 6.45) is 0.145. The summed E-state index contributed by atoms with van der Waals surface area (Å²) in [6, 6.07) is 17.9. The van der Waals surface area contributed by atoms with Crippen LogP contribution in [0.4, 0.5) is 5.69 Å². The molecule has 0 atom stereocenters. The van der Waals surface area contributed by atoms with E-state index in [2.05, 4.69) is 5.32 Å². The third-order valence-corrected chi connectivity index (χ3v) is 5.70. The second kappa shape index (κ2) is 9.68. The zero-order chi connectivity index (χ0) is 25.1. The highest BCUT2D eigenvalue weighted by molar-refractivity contribution is 5.94. The third-order valence-electron chi connectivity index (χ3n) is 5.70. The molecule has 1 aromatic heterocycles. The molecule has 0 unspecified atom stereocenters. The van der Waals surface area contributed by atoms with Crippen LogP contribution >= 0.6 is 0 Å². The molecule has 0 bridgehead atoms. The molecule has 9 nitrogen and oxygen atoms in total. The lowest BCUT2D eigenvalue weighted by molar-refractivity contribution is -0.115. The van der Waals surface area contributed by atoms with E-state index in [1.54, 1.807) is 68.8 Å². The fourth-order valence-electron chi connectivity index (χ4n) is 3.80. The standard InChI is InChI=1S/C26H23N3O6/c1-28-22-12-9-19(27-23(30)13-16-5-10-20(35-2)11-6-16)14-21(22)24(31)29(26(28)34)15-17-3-7-18(8-4-17)25(32)33/h3-12,14H,13,15H2,1-2H3,(H,27,30)(H,32,33). The van der Waals surface area contributed by atoms with Crippen molar-refractivity contribution in [3.63, 3.8) is 0 Å². The maximum Gasteiger partial charge on any atom is 0.335 e. The molecule has 0 spiro atoms. The highest BCUT2D eigenvalue weighted by Crippen LogP contribution is 2.17. The van der Waals surface area contributed by atoms with E-state index in [0.717, 1.165) is 10.1 Å². The number of fused-ring (bicyclic) bond motifs is 1. The molecule has 0 fully saturated rings. The van der Waals surface area contributed by atoms with Crippen molar-refractivity contribution in [2.75, 3.05) is 12.4 Å². The first kappa shape index (κ1) is 23.5. The number of aryl methyl sites for hydroxylation is 1. The molecule has 1 amide bonds. The number of carbonyl (C=O) groups is 2. The Hall–Kier alpha value is -4.66. The second-order valence-corrected chi connectivity index (χ2v) is 8.04. The number of aromatic carboxylic acids is 1. The van der Waals surface area contributed by atoms with E-state index in [1.165, 1.54) is 16.7 Å². The number of carboxylic acid groups (broad SMARTS) is 1. The van der Waals surface area contributed by atoms with Gasteiger partial charge in [-0.15, -0.1) is 0 Å². The van der Waals surface area contributed by atoms with E-state index in [1.807, 2.05) is 0 Å².